The number of guanidine groups is 1. The van der Waals surface area contributed by atoms with Gasteiger partial charge >= 0.3 is 0 Å². The molecule has 0 aliphatic carbocycles. The molecule has 1 aromatic heterocycles. The fourth-order valence-electron chi connectivity index (χ4n) is 2.13. The average Bonchev–Trinajstić information content (AvgIpc) is 2.79. The summed E-state index contributed by atoms with van der Waals surface area (Å²) in [5.41, 5.74) is 1.05. The molecular formula is C14H27IN4O. The van der Waals surface area contributed by atoms with E-state index in [1.165, 1.54) is 0 Å². The number of aromatic nitrogens is 1. The van der Waals surface area contributed by atoms with Crippen molar-refractivity contribution >= 4 is 29.9 Å². The highest BCUT2D eigenvalue weighted by Gasteiger charge is 2.13. The molecule has 0 unspecified atom stereocenters. The molecule has 6 heteroatoms. The molecule has 20 heavy (non-hydrogen) atoms. The van der Waals surface area contributed by atoms with E-state index in [1.807, 2.05) is 44.1 Å². The maximum Gasteiger partial charge on any atom is 0.195 e. The van der Waals surface area contributed by atoms with Crippen LogP contribution in [0.4, 0.5) is 0 Å². The van der Waals surface area contributed by atoms with E-state index >= 15 is 0 Å². The molecule has 116 valence electrons. The zero-order chi connectivity index (χ0) is 14.4. The molecule has 0 spiro atoms. The summed E-state index contributed by atoms with van der Waals surface area (Å²) < 4.78 is 5.37. The number of hydrogen-bond acceptors (Lipinski definition) is 3. The molecule has 0 fully saturated rings. The summed E-state index contributed by atoms with van der Waals surface area (Å²) in [6.07, 6.45) is 2.18. The molecule has 0 N–H and O–H groups in total. The molecular weight excluding hydrogens is 367 g/mol. The van der Waals surface area contributed by atoms with Gasteiger partial charge in [-0.3, -0.25) is 0 Å². The lowest BCUT2D eigenvalue weighted by atomic mass is 9.99. The minimum Gasteiger partial charge on any atom is -0.359 e. The predicted molar refractivity (Wildman–Crippen MR) is 93.8 cm³/mol. The zero-order valence-corrected chi connectivity index (χ0v) is 15.7. The molecule has 0 saturated carbocycles. The third-order valence-corrected chi connectivity index (χ3v) is 3.16. The highest BCUT2D eigenvalue weighted by atomic mass is 127. The number of aliphatic imine (C=N–C) groups is 1. The van der Waals surface area contributed by atoms with Gasteiger partial charge in [0, 0.05) is 40.2 Å². The molecule has 0 amide bonds. The van der Waals surface area contributed by atoms with E-state index in [0.717, 1.165) is 30.3 Å². The highest BCUT2D eigenvalue weighted by Crippen LogP contribution is 2.22. The normalized spacial score (nSPS) is 10.2. The van der Waals surface area contributed by atoms with Gasteiger partial charge in [0.1, 0.15) is 6.54 Å². The van der Waals surface area contributed by atoms with Crippen LogP contribution < -0.4 is 0 Å². The van der Waals surface area contributed by atoms with Crippen LogP contribution in [-0.2, 0) is 6.54 Å². The van der Waals surface area contributed by atoms with Crippen LogP contribution in [0.1, 0.15) is 44.1 Å². The summed E-state index contributed by atoms with van der Waals surface area (Å²) in [6.45, 7) is 4.88. The Morgan fingerprint density at radius 1 is 1.20 bits per heavy atom. The van der Waals surface area contributed by atoms with E-state index in [0.29, 0.717) is 12.5 Å². The van der Waals surface area contributed by atoms with E-state index in [9.17, 15) is 0 Å². The van der Waals surface area contributed by atoms with Crippen molar-refractivity contribution in [2.45, 2.75) is 39.2 Å². The Morgan fingerprint density at radius 2 is 1.75 bits per heavy atom. The Labute approximate surface area is 139 Å². The summed E-state index contributed by atoms with van der Waals surface area (Å²) in [7, 11) is 7.92. The number of nitrogens with zero attached hydrogens (tertiary/aromatic N) is 4. The van der Waals surface area contributed by atoms with Gasteiger partial charge in [-0.15, -0.1) is 24.0 Å². The predicted octanol–water partition coefficient (Wildman–Crippen LogP) is 3.18. The van der Waals surface area contributed by atoms with Crippen LogP contribution >= 0.6 is 24.0 Å². The largest absolute Gasteiger partial charge is 0.359 e. The average molecular weight is 394 g/mol. The molecule has 0 saturated heterocycles. The van der Waals surface area contributed by atoms with E-state index in [2.05, 4.69) is 24.0 Å². The van der Waals surface area contributed by atoms with Gasteiger partial charge in [0.2, 0.25) is 0 Å². The second-order valence-corrected chi connectivity index (χ2v) is 5.14. The minimum atomic E-state index is 0. The number of hydrogen-bond donors (Lipinski definition) is 0. The summed E-state index contributed by atoms with van der Waals surface area (Å²) in [4.78, 5) is 8.52. The molecule has 0 aromatic carbocycles. The Hall–Kier alpha value is -0.790. The monoisotopic (exact) mass is 394 g/mol. The fourth-order valence-corrected chi connectivity index (χ4v) is 2.13. The molecule has 1 rings (SSSR count). The zero-order valence-electron chi connectivity index (χ0n) is 13.4. The summed E-state index contributed by atoms with van der Waals surface area (Å²) in [5, 5.41) is 4.15. The molecule has 5 nitrogen and oxygen atoms in total. The van der Waals surface area contributed by atoms with Crippen LogP contribution in [0, 0.1) is 0 Å². The third-order valence-electron chi connectivity index (χ3n) is 3.16. The molecule has 0 aliphatic rings. The van der Waals surface area contributed by atoms with E-state index < -0.39 is 0 Å². The number of halogens is 1. The smallest absolute Gasteiger partial charge is 0.195 e. The first-order valence-corrected chi connectivity index (χ1v) is 6.84. The van der Waals surface area contributed by atoms with Gasteiger partial charge < -0.3 is 14.3 Å². The van der Waals surface area contributed by atoms with E-state index in [-0.39, 0.29) is 24.0 Å². The highest BCUT2D eigenvalue weighted by molar-refractivity contribution is 14.0. The minimum absolute atomic E-state index is 0. The quantitative estimate of drug-likeness (QED) is 0.437. The second kappa shape index (κ2) is 9.20. The molecule has 1 aromatic rings. The maximum absolute atomic E-state index is 5.37. The molecule has 0 atom stereocenters. The Balaban J connectivity index is 0.00000361. The van der Waals surface area contributed by atoms with Gasteiger partial charge in [-0.25, -0.2) is 4.99 Å². The van der Waals surface area contributed by atoms with Crippen molar-refractivity contribution in [3.05, 3.63) is 17.5 Å². The lowest BCUT2D eigenvalue weighted by molar-refractivity contribution is 0.370. The van der Waals surface area contributed by atoms with Crippen LogP contribution in [-0.4, -0.2) is 49.1 Å². The first-order chi connectivity index (χ1) is 8.99. The van der Waals surface area contributed by atoms with Gasteiger partial charge in [0.05, 0.1) is 5.69 Å². The fraction of sp³-hybridized carbons (Fsp3) is 0.714. The Bertz CT molecular complexity index is 401. The van der Waals surface area contributed by atoms with Crippen molar-refractivity contribution in [1.82, 2.24) is 15.0 Å². The van der Waals surface area contributed by atoms with Crippen LogP contribution in [0.3, 0.4) is 0 Å². The summed E-state index contributed by atoms with van der Waals surface area (Å²) >= 11 is 0. The van der Waals surface area contributed by atoms with Crippen LogP contribution in [0.25, 0.3) is 0 Å². The van der Waals surface area contributed by atoms with Crippen LogP contribution in [0.2, 0.25) is 0 Å². The van der Waals surface area contributed by atoms with Gasteiger partial charge in [-0.2, -0.15) is 0 Å². The molecule has 0 aliphatic heterocycles. The van der Waals surface area contributed by atoms with Crippen molar-refractivity contribution in [1.29, 1.82) is 0 Å². The first-order valence-electron chi connectivity index (χ1n) is 6.84. The summed E-state index contributed by atoms with van der Waals surface area (Å²) in [5.74, 6) is 2.23. The van der Waals surface area contributed by atoms with Crippen LogP contribution in [0.5, 0.6) is 0 Å². The lowest BCUT2D eigenvalue weighted by Crippen LogP contribution is -2.35. The van der Waals surface area contributed by atoms with Crippen molar-refractivity contribution in [2.75, 3.05) is 28.2 Å². The van der Waals surface area contributed by atoms with Crippen molar-refractivity contribution in [3.63, 3.8) is 0 Å². The maximum atomic E-state index is 5.37. The second-order valence-electron chi connectivity index (χ2n) is 5.14. The summed E-state index contributed by atoms with van der Waals surface area (Å²) in [6, 6.07) is 2.03. The standard InChI is InChI=1S/C14H26N4O.HI/c1-7-11(8-2)13-9-12(19-16-13)10-15-14(17(3)4)18(5)6;/h9,11H,7-8,10H2,1-6H3;1H. The van der Waals surface area contributed by atoms with Crippen molar-refractivity contribution in [3.8, 4) is 0 Å². The topological polar surface area (TPSA) is 44.9 Å². The van der Waals surface area contributed by atoms with Crippen LogP contribution in [0.15, 0.2) is 15.6 Å². The SMILES string of the molecule is CCC(CC)c1cc(CN=C(N(C)C)N(C)C)on1.I. The molecule has 1 heterocycles. The van der Waals surface area contributed by atoms with E-state index in [1.54, 1.807) is 0 Å². The third kappa shape index (κ3) is 5.30. The van der Waals surface area contributed by atoms with Gasteiger partial charge in [0.15, 0.2) is 11.7 Å². The molecule has 0 radical (unpaired) electrons. The Kier molecular flexibility index (Phi) is 8.84. The van der Waals surface area contributed by atoms with Gasteiger partial charge in [-0.05, 0) is 12.8 Å². The lowest BCUT2D eigenvalue weighted by Gasteiger charge is -2.22. The Morgan fingerprint density at radius 3 is 2.20 bits per heavy atom. The molecule has 0 bridgehead atoms. The first kappa shape index (κ1) is 19.2. The van der Waals surface area contributed by atoms with Gasteiger partial charge in [-0.1, -0.05) is 19.0 Å². The van der Waals surface area contributed by atoms with Gasteiger partial charge in [0.25, 0.3) is 0 Å². The van der Waals surface area contributed by atoms with Crippen molar-refractivity contribution in [2.24, 2.45) is 4.99 Å². The number of rotatable bonds is 5. The van der Waals surface area contributed by atoms with E-state index in [4.69, 9.17) is 4.52 Å². The van der Waals surface area contributed by atoms with Crippen molar-refractivity contribution < 1.29 is 4.52 Å².